The molecule has 8 nitrogen and oxygen atoms in total. The lowest BCUT2D eigenvalue weighted by atomic mass is 10.3. The van der Waals surface area contributed by atoms with Gasteiger partial charge in [-0.1, -0.05) is 0 Å². The van der Waals surface area contributed by atoms with E-state index < -0.39 is 5.97 Å². The van der Waals surface area contributed by atoms with Crippen molar-refractivity contribution in [3.05, 3.63) is 57.0 Å². The van der Waals surface area contributed by atoms with Gasteiger partial charge in [0.2, 0.25) is 0 Å². The van der Waals surface area contributed by atoms with E-state index in [1.165, 1.54) is 11.3 Å². The summed E-state index contributed by atoms with van der Waals surface area (Å²) in [5.41, 5.74) is 6.91. The Morgan fingerprint density at radius 1 is 1.25 bits per heavy atom. The zero-order valence-electron chi connectivity index (χ0n) is 12.1. The number of hydrogen-bond donors (Lipinski definition) is 4. The van der Waals surface area contributed by atoms with E-state index in [1.807, 2.05) is 11.4 Å². The van der Waals surface area contributed by atoms with Crippen molar-refractivity contribution >= 4 is 50.5 Å². The second-order valence-electron chi connectivity index (χ2n) is 4.33. The number of aromatic amines is 1. The van der Waals surface area contributed by atoms with Gasteiger partial charge in [0.15, 0.2) is 5.69 Å². The maximum absolute atomic E-state index is 11.8. The van der Waals surface area contributed by atoms with Crippen LogP contribution in [0.1, 0.15) is 20.2 Å². The Morgan fingerprint density at radius 3 is 2.42 bits per heavy atom. The number of carbonyl (C=O) groups is 2. The first-order valence-electron chi connectivity index (χ1n) is 6.46. The maximum atomic E-state index is 11.8. The summed E-state index contributed by atoms with van der Waals surface area (Å²) in [5.74, 6) is -1.19. The highest BCUT2D eigenvalue weighted by Crippen LogP contribution is 2.23. The van der Waals surface area contributed by atoms with Crippen LogP contribution in [-0.2, 0) is 0 Å². The van der Waals surface area contributed by atoms with Gasteiger partial charge in [0, 0.05) is 15.8 Å². The molecule has 0 radical (unpaired) electrons. The molecule has 0 spiro atoms. The number of carbonyl (C=O) groups excluding carboxylic acids is 1. The molecule has 0 aliphatic rings. The monoisotopic (exact) mass is 409 g/mol. The van der Waals surface area contributed by atoms with Crippen molar-refractivity contribution in [1.29, 1.82) is 0 Å². The van der Waals surface area contributed by atoms with Crippen LogP contribution in [0.25, 0.3) is 0 Å². The zero-order chi connectivity index (χ0) is 17.5. The molecule has 2 heterocycles. The molecule has 0 bridgehead atoms. The van der Waals surface area contributed by atoms with Crippen LogP contribution in [0, 0.1) is 0 Å². The fourth-order valence-corrected chi connectivity index (χ4v) is 2.96. The molecular formula is C14H12BrN5O3S. The van der Waals surface area contributed by atoms with Crippen LogP contribution in [0.4, 0.5) is 11.4 Å². The minimum absolute atomic E-state index is 0.0648. The lowest BCUT2D eigenvalue weighted by molar-refractivity contribution is 0.0690. The third-order valence-electron chi connectivity index (χ3n) is 2.63. The van der Waals surface area contributed by atoms with Gasteiger partial charge < -0.3 is 16.2 Å². The van der Waals surface area contributed by atoms with E-state index in [1.54, 1.807) is 24.3 Å². The molecule has 24 heavy (non-hydrogen) atoms. The number of amides is 1. The third-order valence-corrected chi connectivity index (χ3v) is 4.46. The number of carboxylic acid groups (broad SMARTS) is 1. The third kappa shape index (κ3) is 4.89. The van der Waals surface area contributed by atoms with Crippen molar-refractivity contribution in [3.63, 3.8) is 0 Å². The second kappa shape index (κ2) is 8.22. The Balaban J connectivity index is 0.000000219. The van der Waals surface area contributed by atoms with Gasteiger partial charge in [-0.05, 0) is 51.6 Å². The summed E-state index contributed by atoms with van der Waals surface area (Å²) in [7, 11) is 0. The molecule has 0 atom stereocenters. The smallest absolute Gasteiger partial charge is 0.358 e. The van der Waals surface area contributed by atoms with E-state index in [9.17, 15) is 9.59 Å². The van der Waals surface area contributed by atoms with E-state index in [2.05, 4.69) is 36.7 Å². The summed E-state index contributed by atoms with van der Waals surface area (Å²) in [6.45, 7) is 0. The maximum Gasteiger partial charge on any atom is 0.358 e. The van der Waals surface area contributed by atoms with E-state index in [0.29, 0.717) is 10.6 Å². The number of nitrogens with one attached hydrogen (secondary N) is 2. The number of aromatic carboxylic acids is 1. The molecule has 124 valence electrons. The second-order valence-corrected chi connectivity index (χ2v) is 6.10. The summed E-state index contributed by atoms with van der Waals surface area (Å²) < 4.78 is 0.811. The number of nitrogens with zero attached hydrogens (tertiary/aromatic N) is 2. The minimum Gasteiger partial charge on any atom is -0.476 e. The fourth-order valence-electron chi connectivity index (χ4n) is 1.51. The van der Waals surface area contributed by atoms with Crippen LogP contribution in [0.5, 0.6) is 0 Å². The number of anilines is 2. The van der Waals surface area contributed by atoms with Gasteiger partial charge in [0.1, 0.15) is 4.88 Å². The normalized spacial score (nSPS) is 9.71. The Kier molecular flexibility index (Phi) is 6.04. The number of halogens is 1. The zero-order valence-corrected chi connectivity index (χ0v) is 14.5. The van der Waals surface area contributed by atoms with Crippen molar-refractivity contribution in [2.45, 2.75) is 0 Å². The van der Waals surface area contributed by atoms with E-state index in [0.717, 1.165) is 16.4 Å². The van der Waals surface area contributed by atoms with Crippen molar-refractivity contribution in [3.8, 4) is 0 Å². The topological polar surface area (TPSA) is 134 Å². The SMILES string of the molecule is Nc1ccc(NC(=O)c2sccc2Br)cc1.O=C(O)c1cn[nH]n1. The van der Waals surface area contributed by atoms with Gasteiger partial charge >= 0.3 is 5.97 Å². The summed E-state index contributed by atoms with van der Waals surface area (Å²) >= 11 is 4.72. The Labute approximate surface area is 148 Å². The van der Waals surface area contributed by atoms with Gasteiger partial charge in [-0.2, -0.15) is 10.3 Å². The van der Waals surface area contributed by atoms with Crippen molar-refractivity contribution in [2.24, 2.45) is 0 Å². The summed E-state index contributed by atoms with van der Waals surface area (Å²) in [6, 6.07) is 8.89. The molecule has 5 N–H and O–H groups in total. The molecule has 0 fully saturated rings. The van der Waals surface area contributed by atoms with Gasteiger partial charge in [0.25, 0.3) is 5.91 Å². The van der Waals surface area contributed by atoms with E-state index in [-0.39, 0.29) is 11.6 Å². The number of aromatic nitrogens is 3. The van der Waals surface area contributed by atoms with E-state index in [4.69, 9.17) is 10.8 Å². The van der Waals surface area contributed by atoms with Crippen LogP contribution < -0.4 is 11.1 Å². The van der Waals surface area contributed by atoms with Crippen molar-refractivity contribution in [2.75, 3.05) is 11.1 Å². The van der Waals surface area contributed by atoms with Gasteiger partial charge in [0.05, 0.1) is 6.20 Å². The lowest BCUT2D eigenvalue weighted by Crippen LogP contribution is -2.10. The van der Waals surface area contributed by atoms with Crippen LogP contribution in [0.3, 0.4) is 0 Å². The van der Waals surface area contributed by atoms with Crippen LogP contribution in [0.15, 0.2) is 46.4 Å². The molecule has 0 saturated heterocycles. The quantitative estimate of drug-likeness (QED) is 0.491. The first-order chi connectivity index (χ1) is 11.5. The Hall–Kier alpha value is -2.72. The van der Waals surface area contributed by atoms with Gasteiger partial charge in [-0.15, -0.1) is 16.4 Å². The molecule has 1 amide bonds. The molecule has 1 aromatic carbocycles. The predicted octanol–water partition coefficient (Wildman–Crippen LogP) is 2.85. The molecule has 3 rings (SSSR count). The molecule has 0 aliphatic carbocycles. The van der Waals surface area contributed by atoms with Gasteiger partial charge in [-0.3, -0.25) is 4.79 Å². The highest BCUT2D eigenvalue weighted by molar-refractivity contribution is 9.10. The molecule has 3 aromatic rings. The molecule has 0 aliphatic heterocycles. The molecular weight excluding hydrogens is 398 g/mol. The fraction of sp³-hybridized carbons (Fsp3) is 0. The van der Waals surface area contributed by atoms with Crippen LogP contribution >= 0.6 is 27.3 Å². The number of carboxylic acids is 1. The molecule has 0 saturated carbocycles. The van der Waals surface area contributed by atoms with Crippen LogP contribution in [0.2, 0.25) is 0 Å². The predicted molar refractivity (Wildman–Crippen MR) is 94.2 cm³/mol. The average Bonchev–Trinajstić information content (AvgIpc) is 3.21. The van der Waals surface area contributed by atoms with Crippen molar-refractivity contribution in [1.82, 2.24) is 15.4 Å². The summed E-state index contributed by atoms with van der Waals surface area (Å²) in [5, 5.41) is 21.5. The largest absolute Gasteiger partial charge is 0.476 e. The number of nitrogens with two attached hydrogens (primary N) is 1. The number of thiophene rings is 1. The molecule has 10 heteroatoms. The Bertz CT molecular complexity index is 817. The Morgan fingerprint density at radius 2 is 1.96 bits per heavy atom. The lowest BCUT2D eigenvalue weighted by Gasteiger charge is -2.04. The number of nitrogen functional groups attached to an aromatic ring is 1. The number of H-pyrrole nitrogens is 1. The standard InChI is InChI=1S/C11H9BrN2OS.C3H3N3O2/c12-9-5-6-16-10(9)11(15)14-8-3-1-7(13)2-4-8;7-3(8)2-1-4-6-5-2/h1-6H,13H2,(H,14,15);1H,(H,7,8)(H,4,5,6). The first kappa shape index (κ1) is 17.6. The van der Waals surface area contributed by atoms with Crippen molar-refractivity contribution < 1.29 is 14.7 Å². The number of rotatable bonds is 3. The van der Waals surface area contributed by atoms with E-state index >= 15 is 0 Å². The highest BCUT2D eigenvalue weighted by Gasteiger charge is 2.11. The number of benzene rings is 1. The molecule has 0 unspecified atom stereocenters. The highest BCUT2D eigenvalue weighted by atomic mass is 79.9. The minimum atomic E-state index is -1.07. The average molecular weight is 410 g/mol. The molecule has 2 aromatic heterocycles. The van der Waals surface area contributed by atoms with Crippen LogP contribution in [-0.4, -0.2) is 32.4 Å². The van der Waals surface area contributed by atoms with Gasteiger partial charge in [-0.25, -0.2) is 4.79 Å². The number of hydrogen-bond acceptors (Lipinski definition) is 6. The summed E-state index contributed by atoms with van der Waals surface area (Å²) in [6.07, 6.45) is 1.14. The first-order valence-corrected chi connectivity index (χ1v) is 8.13. The summed E-state index contributed by atoms with van der Waals surface area (Å²) in [4.78, 5) is 22.4.